The first-order valence-corrected chi connectivity index (χ1v) is 14.9. The fraction of sp³-hybridized carbons (Fsp3) is 0.429. The van der Waals surface area contributed by atoms with Gasteiger partial charge in [-0.1, -0.05) is 0 Å². The summed E-state index contributed by atoms with van der Waals surface area (Å²) in [5.41, 5.74) is 2.38. The number of halogens is 1. The van der Waals surface area contributed by atoms with Gasteiger partial charge in [-0.05, 0) is 49.2 Å². The average Bonchev–Trinajstić information content (AvgIpc) is 2.95. The predicted molar refractivity (Wildman–Crippen MR) is 150 cm³/mol. The van der Waals surface area contributed by atoms with Crippen LogP contribution in [0.4, 0.5) is 21.7 Å². The first-order chi connectivity index (χ1) is 19.6. The molecule has 0 atom stereocenters. The van der Waals surface area contributed by atoms with E-state index in [2.05, 4.69) is 42.2 Å². The molecule has 0 saturated carbocycles. The molecular formula is C28H30FN7O3S. The number of nitrogens with one attached hydrogen (secondary N) is 1. The van der Waals surface area contributed by atoms with Crippen LogP contribution in [0.2, 0.25) is 0 Å². The van der Waals surface area contributed by atoms with E-state index in [4.69, 9.17) is 9.47 Å². The molecule has 0 radical (unpaired) electrons. The van der Waals surface area contributed by atoms with Crippen LogP contribution >= 0.6 is 0 Å². The predicted octanol–water partition coefficient (Wildman–Crippen LogP) is 3.10. The summed E-state index contributed by atoms with van der Waals surface area (Å²) < 4.78 is 37.9. The van der Waals surface area contributed by atoms with Gasteiger partial charge in [0.15, 0.2) is 17.4 Å². The Hall–Kier alpha value is -3.66. The van der Waals surface area contributed by atoms with E-state index in [0.717, 1.165) is 50.8 Å². The smallest absolute Gasteiger partial charge is 0.230 e. The quantitative estimate of drug-likeness (QED) is 0.460. The van der Waals surface area contributed by atoms with Gasteiger partial charge in [-0.25, -0.2) is 14.4 Å². The number of hydrogen-bond acceptors (Lipinski definition) is 10. The summed E-state index contributed by atoms with van der Waals surface area (Å²) in [6.45, 7) is 5.72. The molecule has 3 fully saturated rings. The summed E-state index contributed by atoms with van der Waals surface area (Å²) in [5, 5.41) is 12.9. The number of piperazine rings is 1. The van der Waals surface area contributed by atoms with Gasteiger partial charge in [0.2, 0.25) is 5.95 Å². The number of aromatic nitrogens is 3. The zero-order valence-electron chi connectivity index (χ0n) is 22.0. The summed E-state index contributed by atoms with van der Waals surface area (Å²) in [6, 6.07) is 13.5. The van der Waals surface area contributed by atoms with Crippen molar-refractivity contribution >= 4 is 28.1 Å². The Bertz CT molecular complexity index is 1410. The molecule has 0 unspecified atom stereocenters. The number of ether oxygens (including phenoxy) is 2. The monoisotopic (exact) mass is 563 g/mol. The Labute approximate surface area is 234 Å². The fourth-order valence-electron chi connectivity index (χ4n) is 5.14. The zero-order valence-corrected chi connectivity index (χ0v) is 22.8. The van der Waals surface area contributed by atoms with E-state index in [1.807, 2.05) is 18.2 Å². The van der Waals surface area contributed by atoms with Crippen molar-refractivity contribution in [1.29, 1.82) is 5.26 Å². The van der Waals surface area contributed by atoms with Gasteiger partial charge in [0, 0.05) is 65.4 Å². The minimum absolute atomic E-state index is 0.0639. The van der Waals surface area contributed by atoms with E-state index in [-0.39, 0.29) is 23.2 Å². The lowest BCUT2D eigenvalue weighted by Crippen LogP contribution is -2.56. The Kier molecular flexibility index (Phi) is 7.86. The Morgan fingerprint density at radius 3 is 2.50 bits per heavy atom. The van der Waals surface area contributed by atoms with Crippen LogP contribution in [0.1, 0.15) is 18.4 Å². The first kappa shape index (κ1) is 26.6. The Morgan fingerprint density at radius 1 is 1.07 bits per heavy atom. The van der Waals surface area contributed by atoms with Crippen molar-refractivity contribution in [3.63, 3.8) is 0 Å². The number of nitrogens with zero attached hydrogens (tertiary/aromatic N) is 6. The van der Waals surface area contributed by atoms with Crippen molar-refractivity contribution in [2.24, 2.45) is 0 Å². The van der Waals surface area contributed by atoms with Gasteiger partial charge in [0.1, 0.15) is 18.5 Å². The normalized spacial score (nSPS) is 21.9. The summed E-state index contributed by atoms with van der Waals surface area (Å²) >= 11 is 0. The Balaban J connectivity index is 1.12. The minimum atomic E-state index is -0.856. The third-order valence-electron chi connectivity index (χ3n) is 7.55. The average molecular weight is 564 g/mol. The number of hydrogen-bond donors (Lipinski definition) is 1. The van der Waals surface area contributed by atoms with Crippen LogP contribution in [0.5, 0.6) is 5.75 Å². The van der Waals surface area contributed by atoms with Gasteiger partial charge in [-0.15, -0.1) is 0 Å². The van der Waals surface area contributed by atoms with E-state index >= 15 is 4.39 Å². The van der Waals surface area contributed by atoms with Crippen molar-refractivity contribution in [1.82, 2.24) is 19.9 Å². The fourth-order valence-corrected chi connectivity index (χ4v) is 6.40. The molecule has 208 valence electrons. The highest BCUT2D eigenvalue weighted by atomic mass is 32.2. The number of nitriles is 1. The van der Waals surface area contributed by atoms with Gasteiger partial charge in [0.05, 0.1) is 24.8 Å². The first-order valence-electron chi connectivity index (χ1n) is 13.4. The molecule has 40 heavy (non-hydrogen) atoms. The maximum atomic E-state index is 15.1. The number of benzene rings is 2. The van der Waals surface area contributed by atoms with Crippen molar-refractivity contribution in [2.75, 3.05) is 61.1 Å². The van der Waals surface area contributed by atoms with E-state index in [1.54, 1.807) is 0 Å². The van der Waals surface area contributed by atoms with Crippen molar-refractivity contribution in [3.05, 3.63) is 54.1 Å². The van der Waals surface area contributed by atoms with Gasteiger partial charge < -0.3 is 19.7 Å². The maximum Gasteiger partial charge on any atom is 0.230 e. The van der Waals surface area contributed by atoms with Crippen molar-refractivity contribution < 1.29 is 18.1 Å². The molecule has 0 amide bonds. The zero-order chi connectivity index (χ0) is 27.5. The van der Waals surface area contributed by atoms with Gasteiger partial charge in [-0.2, -0.15) is 10.2 Å². The molecule has 0 aliphatic carbocycles. The van der Waals surface area contributed by atoms with Crippen LogP contribution in [-0.4, -0.2) is 87.1 Å². The molecule has 1 aromatic heterocycles. The number of anilines is 3. The van der Waals surface area contributed by atoms with E-state index < -0.39 is 16.6 Å². The third-order valence-corrected chi connectivity index (χ3v) is 8.94. The molecule has 3 saturated heterocycles. The SMILES string of the molecule is N#Cc1cc(-c2ncnc(Nc3ccc(N4CCN(C5COC5)CC4)cc3)n2)cc(F)c1OC1CCS(=O)CC1. The van der Waals surface area contributed by atoms with E-state index in [1.165, 1.54) is 18.5 Å². The topological polar surface area (TPSA) is 116 Å². The molecule has 3 aromatic rings. The highest BCUT2D eigenvalue weighted by Gasteiger charge is 2.29. The molecule has 0 spiro atoms. The summed E-state index contributed by atoms with van der Waals surface area (Å²) in [6.07, 6.45) is 2.21. The molecule has 6 rings (SSSR count). The van der Waals surface area contributed by atoms with E-state index in [0.29, 0.717) is 41.9 Å². The summed E-state index contributed by atoms with van der Waals surface area (Å²) in [4.78, 5) is 17.7. The van der Waals surface area contributed by atoms with Crippen LogP contribution in [-0.2, 0) is 15.5 Å². The van der Waals surface area contributed by atoms with E-state index in [9.17, 15) is 9.47 Å². The van der Waals surface area contributed by atoms with Crippen LogP contribution in [0, 0.1) is 17.1 Å². The molecule has 4 heterocycles. The third kappa shape index (κ3) is 5.91. The lowest BCUT2D eigenvalue weighted by molar-refractivity contribution is -0.0660. The molecule has 0 bridgehead atoms. The highest BCUT2D eigenvalue weighted by Crippen LogP contribution is 2.31. The summed E-state index contributed by atoms with van der Waals surface area (Å²) in [5.74, 6) is 0.831. The molecule has 12 heteroatoms. The van der Waals surface area contributed by atoms with Gasteiger partial charge in [0.25, 0.3) is 0 Å². The van der Waals surface area contributed by atoms with Crippen LogP contribution in [0.15, 0.2) is 42.7 Å². The van der Waals surface area contributed by atoms with Gasteiger partial charge >= 0.3 is 0 Å². The molecule has 3 aliphatic rings. The molecule has 10 nitrogen and oxygen atoms in total. The second kappa shape index (κ2) is 11.8. The Morgan fingerprint density at radius 2 is 1.82 bits per heavy atom. The van der Waals surface area contributed by atoms with Crippen molar-refractivity contribution in [3.8, 4) is 23.2 Å². The summed E-state index contributed by atoms with van der Waals surface area (Å²) in [7, 11) is -0.856. The highest BCUT2D eigenvalue weighted by molar-refractivity contribution is 7.85. The largest absolute Gasteiger partial charge is 0.486 e. The van der Waals surface area contributed by atoms with Crippen LogP contribution < -0.4 is 15.0 Å². The second-order valence-corrected chi connectivity index (χ2v) is 11.8. The molecule has 1 N–H and O–H groups in total. The van der Waals surface area contributed by atoms with Gasteiger partial charge in [-0.3, -0.25) is 9.11 Å². The number of rotatable bonds is 7. The lowest BCUT2D eigenvalue weighted by Gasteiger charge is -2.43. The minimum Gasteiger partial charge on any atom is -0.486 e. The molecule has 3 aliphatic heterocycles. The lowest BCUT2D eigenvalue weighted by atomic mass is 10.1. The van der Waals surface area contributed by atoms with Crippen LogP contribution in [0.3, 0.4) is 0 Å². The standard InChI is InChI=1S/C28H30FN7O3S/c29-25-14-19(13-20(15-30)26(25)39-24-5-11-40(37)12-6-24)27-31-18-32-28(34-27)33-21-1-3-22(4-2-21)35-7-9-36(10-8-35)23-16-38-17-23/h1-4,13-14,18,23-24H,5-12,16-17H2,(H,31,32,33,34). The maximum absolute atomic E-state index is 15.1. The van der Waals surface area contributed by atoms with Crippen molar-refractivity contribution in [2.45, 2.75) is 25.0 Å². The van der Waals surface area contributed by atoms with Crippen LogP contribution in [0.25, 0.3) is 11.4 Å². The molecular weight excluding hydrogens is 533 g/mol. The molecule has 2 aromatic carbocycles. The second-order valence-electron chi connectivity index (χ2n) is 10.1.